The van der Waals surface area contributed by atoms with Crippen molar-refractivity contribution in [3.63, 3.8) is 0 Å². The largest absolute Gasteiger partial charge is 0.393 e. The van der Waals surface area contributed by atoms with Crippen molar-refractivity contribution < 1.29 is 4.79 Å². The molecule has 0 aromatic heterocycles. The zero-order valence-corrected chi connectivity index (χ0v) is 8.93. The molecule has 74 valence electrons. The van der Waals surface area contributed by atoms with Crippen LogP contribution in [0.15, 0.2) is 0 Å². The van der Waals surface area contributed by atoms with Gasteiger partial charge in [-0.1, -0.05) is 19.1 Å². The average molecular weight is 200 g/mol. The molecule has 0 saturated carbocycles. The molecule has 1 amide bonds. The van der Waals surface area contributed by atoms with Crippen molar-refractivity contribution in [2.24, 2.45) is 17.6 Å². The number of carbonyl (C=O) groups excluding carboxylic acids is 1. The molecule has 2 N–H and O–H groups in total. The van der Waals surface area contributed by atoms with Gasteiger partial charge in [-0.05, 0) is 19.3 Å². The Morgan fingerprint density at radius 2 is 2.31 bits per heavy atom. The molecule has 1 aliphatic rings. The molecule has 0 bridgehead atoms. The van der Waals surface area contributed by atoms with E-state index >= 15 is 0 Å². The van der Waals surface area contributed by atoms with Crippen LogP contribution >= 0.6 is 12.2 Å². The highest BCUT2D eigenvalue weighted by Crippen LogP contribution is 2.17. The number of rotatable bonds is 2. The fourth-order valence-corrected chi connectivity index (χ4v) is 1.63. The Labute approximate surface area is 84.3 Å². The number of thiocarbonyl (C=S) groups is 1. The smallest absolute Gasteiger partial charge is 0.232 e. The van der Waals surface area contributed by atoms with E-state index in [0.717, 1.165) is 19.5 Å². The zero-order chi connectivity index (χ0) is 10.0. The van der Waals surface area contributed by atoms with Crippen molar-refractivity contribution in [2.45, 2.75) is 20.3 Å². The molecular formula is C9H16N2OS. The minimum atomic E-state index is -0.305. The Morgan fingerprint density at radius 3 is 2.69 bits per heavy atom. The summed E-state index contributed by atoms with van der Waals surface area (Å²) >= 11 is 4.79. The number of carbonyl (C=O) groups is 1. The quantitative estimate of drug-likeness (QED) is 0.670. The van der Waals surface area contributed by atoms with E-state index in [1.54, 1.807) is 6.92 Å². The fourth-order valence-electron chi connectivity index (χ4n) is 1.53. The summed E-state index contributed by atoms with van der Waals surface area (Å²) in [7, 11) is 0. The summed E-state index contributed by atoms with van der Waals surface area (Å²) in [6.07, 6.45) is 1.09. The molecule has 1 aliphatic heterocycles. The summed E-state index contributed by atoms with van der Waals surface area (Å²) in [5.41, 5.74) is 5.42. The predicted octanol–water partition coefficient (Wildman–Crippen LogP) is 0.777. The topological polar surface area (TPSA) is 46.3 Å². The van der Waals surface area contributed by atoms with Gasteiger partial charge in [-0.15, -0.1) is 0 Å². The molecule has 1 rings (SSSR count). The number of nitrogens with two attached hydrogens (primary N) is 1. The lowest BCUT2D eigenvalue weighted by molar-refractivity contribution is -0.131. The van der Waals surface area contributed by atoms with Crippen molar-refractivity contribution in [3.05, 3.63) is 0 Å². The van der Waals surface area contributed by atoms with E-state index in [-0.39, 0.29) is 11.8 Å². The van der Waals surface area contributed by atoms with Gasteiger partial charge in [0.05, 0.1) is 10.9 Å². The molecule has 0 spiro atoms. The second-order valence-electron chi connectivity index (χ2n) is 3.80. The molecule has 2 unspecified atom stereocenters. The Bertz CT molecular complexity index is 230. The summed E-state index contributed by atoms with van der Waals surface area (Å²) in [5, 5.41) is 0. The summed E-state index contributed by atoms with van der Waals surface area (Å²) in [5.74, 6) is 0.389. The highest BCUT2D eigenvalue weighted by Gasteiger charge is 2.27. The number of nitrogens with zero attached hydrogens (tertiary/aromatic N) is 1. The van der Waals surface area contributed by atoms with Crippen LogP contribution in [-0.4, -0.2) is 28.9 Å². The van der Waals surface area contributed by atoms with Gasteiger partial charge in [0.25, 0.3) is 0 Å². The highest BCUT2D eigenvalue weighted by atomic mass is 32.1. The standard InChI is InChI=1S/C9H16N2OS/c1-6-3-4-11(5-6)9(12)7(2)8(10)13/h6-7H,3-5H2,1-2H3,(H2,10,13). The van der Waals surface area contributed by atoms with Crippen molar-refractivity contribution in [2.75, 3.05) is 13.1 Å². The van der Waals surface area contributed by atoms with E-state index in [9.17, 15) is 4.79 Å². The minimum Gasteiger partial charge on any atom is -0.393 e. The van der Waals surface area contributed by atoms with E-state index in [0.29, 0.717) is 10.9 Å². The summed E-state index contributed by atoms with van der Waals surface area (Å²) < 4.78 is 0. The van der Waals surface area contributed by atoms with Gasteiger partial charge >= 0.3 is 0 Å². The number of hydrogen-bond acceptors (Lipinski definition) is 2. The van der Waals surface area contributed by atoms with Crippen LogP contribution in [0.3, 0.4) is 0 Å². The fraction of sp³-hybridized carbons (Fsp3) is 0.778. The van der Waals surface area contributed by atoms with Crippen LogP contribution in [0.25, 0.3) is 0 Å². The van der Waals surface area contributed by atoms with Gasteiger partial charge in [0.2, 0.25) is 5.91 Å². The molecule has 0 aliphatic carbocycles. The first kappa shape index (κ1) is 10.4. The Morgan fingerprint density at radius 1 is 1.69 bits per heavy atom. The third kappa shape index (κ3) is 2.40. The lowest BCUT2D eigenvalue weighted by atomic mass is 10.1. The zero-order valence-electron chi connectivity index (χ0n) is 8.12. The van der Waals surface area contributed by atoms with Crippen molar-refractivity contribution >= 4 is 23.1 Å². The summed E-state index contributed by atoms with van der Waals surface area (Å²) in [6, 6.07) is 0. The van der Waals surface area contributed by atoms with Gasteiger partial charge < -0.3 is 10.6 Å². The van der Waals surface area contributed by atoms with E-state index in [1.807, 2.05) is 4.90 Å². The van der Waals surface area contributed by atoms with Crippen LogP contribution in [0.2, 0.25) is 0 Å². The highest BCUT2D eigenvalue weighted by molar-refractivity contribution is 7.80. The maximum Gasteiger partial charge on any atom is 0.232 e. The average Bonchev–Trinajstić information content (AvgIpc) is 2.49. The van der Waals surface area contributed by atoms with Crippen LogP contribution in [0, 0.1) is 11.8 Å². The molecular weight excluding hydrogens is 184 g/mol. The molecule has 1 saturated heterocycles. The first-order valence-electron chi connectivity index (χ1n) is 4.60. The Hall–Kier alpha value is -0.640. The van der Waals surface area contributed by atoms with E-state index in [4.69, 9.17) is 18.0 Å². The third-order valence-corrected chi connectivity index (χ3v) is 2.89. The molecule has 13 heavy (non-hydrogen) atoms. The lowest BCUT2D eigenvalue weighted by Gasteiger charge is -2.19. The molecule has 0 aromatic rings. The Balaban J connectivity index is 2.53. The van der Waals surface area contributed by atoms with Crippen LogP contribution in [-0.2, 0) is 4.79 Å². The van der Waals surface area contributed by atoms with Crippen LogP contribution in [0.5, 0.6) is 0 Å². The Kier molecular flexibility index (Phi) is 3.25. The predicted molar refractivity (Wildman–Crippen MR) is 56.3 cm³/mol. The number of amides is 1. The molecule has 1 fully saturated rings. The van der Waals surface area contributed by atoms with Crippen molar-refractivity contribution in [1.29, 1.82) is 0 Å². The number of hydrogen-bond donors (Lipinski definition) is 1. The minimum absolute atomic E-state index is 0.0804. The van der Waals surface area contributed by atoms with Gasteiger partial charge in [-0.3, -0.25) is 4.79 Å². The first-order valence-corrected chi connectivity index (χ1v) is 5.01. The van der Waals surface area contributed by atoms with E-state index in [2.05, 4.69) is 6.92 Å². The molecule has 3 nitrogen and oxygen atoms in total. The molecule has 0 aromatic carbocycles. The van der Waals surface area contributed by atoms with E-state index in [1.165, 1.54) is 0 Å². The molecule has 1 heterocycles. The lowest BCUT2D eigenvalue weighted by Crippen LogP contribution is -2.38. The maximum atomic E-state index is 11.7. The summed E-state index contributed by atoms with van der Waals surface area (Å²) in [6.45, 7) is 5.63. The van der Waals surface area contributed by atoms with Crippen LogP contribution in [0.4, 0.5) is 0 Å². The number of likely N-dealkylation sites (tertiary alicyclic amines) is 1. The third-order valence-electron chi connectivity index (χ3n) is 2.53. The van der Waals surface area contributed by atoms with Crippen LogP contribution < -0.4 is 5.73 Å². The van der Waals surface area contributed by atoms with E-state index < -0.39 is 0 Å². The van der Waals surface area contributed by atoms with Crippen molar-refractivity contribution in [1.82, 2.24) is 4.90 Å². The van der Waals surface area contributed by atoms with Gasteiger partial charge in [-0.25, -0.2) is 0 Å². The van der Waals surface area contributed by atoms with Gasteiger partial charge in [0.1, 0.15) is 0 Å². The first-order chi connectivity index (χ1) is 6.02. The van der Waals surface area contributed by atoms with Gasteiger partial charge in [0, 0.05) is 13.1 Å². The van der Waals surface area contributed by atoms with Crippen LogP contribution in [0.1, 0.15) is 20.3 Å². The monoisotopic (exact) mass is 200 g/mol. The normalized spacial score (nSPS) is 24.5. The summed E-state index contributed by atoms with van der Waals surface area (Å²) in [4.78, 5) is 13.8. The van der Waals surface area contributed by atoms with Gasteiger partial charge in [-0.2, -0.15) is 0 Å². The van der Waals surface area contributed by atoms with Crippen molar-refractivity contribution in [3.8, 4) is 0 Å². The maximum absolute atomic E-state index is 11.7. The second-order valence-corrected chi connectivity index (χ2v) is 4.27. The SMILES string of the molecule is CC1CCN(C(=O)C(C)C(N)=S)C1. The second kappa shape index (κ2) is 4.05. The van der Waals surface area contributed by atoms with Gasteiger partial charge in [0.15, 0.2) is 0 Å². The molecule has 4 heteroatoms. The molecule has 2 atom stereocenters. The molecule has 0 radical (unpaired) electrons.